The second-order valence-electron chi connectivity index (χ2n) is 5.04. The van der Waals surface area contributed by atoms with E-state index in [9.17, 15) is 0 Å². The van der Waals surface area contributed by atoms with Crippen LogP contribution in [0.2, 0.25) is 0 Å². The lowest BCUT2D eigenvalue weighted by atomic mass is 9.81. The van der Waals surface area contributed by atoms with Gasteiger partial charge >= 0.3 is 0 Å². The van der Waals surface area contributed by atoms with Crippen LogP contribution in [0.15, 0.2) is 17.1 Å². The quantitative estimate of drug-likeness (QED) is 0.905. The Morgan fingerprint density at radius 3 is 2.68 bits per heavy atom. The number of amidine groups is 1. The Hall–Kier alpha value is -1.71. The third kappa shape index (κ3) is 2.15. The van der Waals surface area contributed by atoms with Crippen LogP contribution in [0.5, 0.6) is 11.5 Å². The first-order valence-electron chi connectivity index (χ1n) is 6.86. The Balaban J connectivity index is 2.03. The predicted octanol–water partition coefficient (Wildman–Crippen LogP) is 2.13. The summed E-state index contributed by atoms with van der Waals surface area (Å²) < 4.78 is 10.8. The molecule has 4 nitrogen and oxygen atoms in total. The van der Waals surface area contributed by atoms with E-state index in [1.807, 2.05) is 0 Å². The average Bonchev–Trinajstić information content (AvgIpc) is 2.99. The highest BCUT2D eigenvalue weighted by atomic mass is 16.5. The van der Waals surface area contributed by atoms with Crippen molar-refractivity contribution >= 4 is 5.84 Å². The highest BCUT2D eigenvalue weighted by Crippen LogP contribution is 2.39. The minimum atomic E-state index is 0.394. The number of hydrogen-bond acceptors (Lipinski definition) is 4. The summed E-state index contributed by atoms with van der Waals surface area (Å²) in [6, 6.07) is 4.25. The zero-order chi connectivity index (χ0) is 13.2. The molecule has 1 aliphatic heterocycles. The molecule has 1 aliphatic carbocycles. The average molecular weight is 260 g/mol. The Kier molecular flexibility index (Phi) is 3.32. The molecule has 1 aromatic carbocycles. The summed E-state index contributed by atoms with van der Waals surface area (Å²) in [5.74, 6) is 3.18. The predicted molar refractivity (Wildman–Crippen MR) is 75.5 cm³/mol. The monoisotopic (exact) mass is 260 g/mol. The SMILES string of the molecule is COc1cc2c(cc1OC)C(C1=NCCN1)CCC2. The molecule has 19 heavy (non-hydrogen) atoms. The van der Waals surface area contributed by atoms with E-state index < -0.39 is 0 Å². The van der Waals surface area contributed by atoms with Gasteiger partial charge in [0.15, 0.2) is 11.5 Å². The number of rotatable bonds is 3. The summed E-state index contributed by atoms with van der Waals surface area (Å²) in [4.78, 5) is 4.59. The lowest BCUT2D eigenvalue weighted by Gasteiger charge is -2.27. The maximum atomic E-state index is 5.43. The van der Waals surface area contributed by atoms with Crippen molar-refractivity contribution in [2.75, 3.05) is 27.3 Å². The Morgan fingerprint density at radius 2 is 2.00 bits per heavy atom. The highest BCUT2D eigenvalue weighted by Gasteiger charge is 2.27. The number of methoxy groups -OCH3 is 2. The molecule has 0 saturated carbocycles. The van der Waals surface area contributed by atoms with Gasteiger partial charge in [-0.05, 0) is 42.5 Å². The molecular weight excluding hydrogens is 240 g/mol. The van der Waals surface area contributed by atoms with Crippen LogP contribution < -0.4 is 14.8 Å². The Bertz CT molecular complexity index is 511. The fourth-order valence-electron chi connectivity index (χ4n) is 3.06. The summed E-state index contributed by atoms with van der Waals surface area (Å²) in [6.07, 6.45) is 3.47. The third-order valence-corrected chi connectivity index (χ3v) is 3.99. The number of benzene rings is 1. The van der Waals surface area contributed by atoms with E-state index >= 15 is 0 Å². The largest absolute Gasteiger partial charge is 0.493 e. The summed E-state index contributed by atoms with van der Waals surface area (Å²) in [5, 5.41) is 3.41. The van der Waals surface area contributed by atoms with Crippen molar-refractivity contribution in [2.24, 2.45) is 4.99 Å². The molecule has 0 saturated heterocycles. The number of hydrogen-bond donors (Lipinski definition) is 1. The fourth-order valence-corrected chi connectivity index (χ4v) is 3.06. The van der Waals surface area contributed by atoms with Gasteiger partial charge in [0.2, 0.25) is 0 Å². The van der Waals surface area contributed by atoms with Crippen LogP contribution in [0, 0.1) is 0 Å². The standard InChI is InChI=1S/C15H20N2O2/c1-18-13-8-10-4-3-5-11(15-16-6-7-17-15)12(10)9-14(13)19-2/h8-9,11H,3-7H2,1-2H3,(H,16,17). The molecule has 1 unspecified atom stereocenters. The van der Waals surface area contributed by atoms with Gasteiger partial charge in [0.1, 0.15) is 5.84 Å². The first kappa shape index (κ1) is 12.3. The van der Waals surface area contributed by atoms with Gasteiger partial charge in [-0.15, -0.1) is 0 Å². The van der Waals surface area contributed by atoms with Crippen LogP contribution in [0.3, 0.4) is 0 Å². The van der Waals surface area contributed by atoms with Gasteiger partial charge in [-0.2, -0.15) is 0 Å². The van der Waals surface area contributed by atoms with Crippen LogP contribution in [0.4, 0.5) is 0 Å². The molecule has 102 valence electrons. The topological polar surface area (TPSA) is 42.9 Å². The minimum absolute atomic E-state index is 0.394. The van der Waals surface area contributed by atoms with Gasteiger partial charge in [0.05, 0.1) is 20.8 Å². The molecule has 0 bridgehead atoms. The van der Waals surface area contributed by atoms with Crippen molar-refractivity contribution in [1.29, 1.82) is 0 Å². The van der Waals surface area contributed by atoms with Gasteiger partial charge in [-0.25, -0.2) is 0 Å². The summed E-state index contributed by atoms with van der Waals surface area (Å²) in [5.41, 5.74) is 2.71. The third-order valence-electron chi connectivity index (χ3n) is 3.99. The first-order valence-corrected chi connectivity index (χ1v) is 6.86. The van der Waals surface area contributed by atoms with Gasteiger partial charge in [0.25, 0.3) is 0 Å². The lowest BCUT2D eigenvalue weighted by molar-refractivity contribution is 0.353. The molecule has 0 amide bonds. The number of fused-ring (bicyclic) bond motifs is 1. The molecule has 4 heteroatoms. The number of nitrogens with one attached hydrogen (secondary N) is 1. The smallest absolute Gasteiger partial charge is 0.161 e. The molecule has 0 radical (unpaired) electrons. The van der Waals surface area contributed by atoms with E-state index in [-0.39, 0.29) is 0 Å². The normalized spacial score (nSPS) is 21.4. The molecule has 1 atom stereocenters. The van der Waals surface area contributed by atoms with Crippen LogP contribution in [0.1, 0.15) is 29.9 Å². The maximum absolute atomic E-state index is 5.43. The van der Waals surface area contributed by atoms with Gasteiger partial charge in [0, 0.05) is 12.5 Å². The van der Waals surface area contributed by atoms with Crippen molar-refractivity contribution in [3.05, 3.63) is 23.3 Å². The van der Waals surface area contributed by atoms with Crippen molar-refractivity contribution in [3.63, 3.8) is 0 Å². The molecule has 2 aliphatic rings. The fraction of sp³-hybridized carbons (Fsp3) is 0.533. The van der Waals surface area contributed by atoms with Crippen LogP contribution in [0.25, 0.3) is 0 Å². The second kappa shape index (κ2) is 5.11. The molecule has 0 aromatic heterocycles. The summed E-state index contributed by atoms with van der Waals surface area (Å²) in [6.45, 7) is 1.86. The van der Waals surface area contributed by atoms with Crippen molar-refractivity contribution in [1.82, 2.24) is 5.32 Å². The number of ether oxygens (including phenoxy) is 2. The van der Waals surface area contributed by atoms with E-state index in [0.29, 0.717) is 5.92 Å². The lowest BCUT2D eigenvalue weighted by Crippen LogP contribution is -2.28. The number of nitrogens with zero attached hydrogens (tertiary/aromatic N) is 1. The van der Waals surface area contributed by atoms with Crippen molar-refractivity contribution in [2.45, 2.75) is 25.2 Å². The molecule has 1 N–H and O–H groups in total. The molecule has 3 rings (SSSR count). The van der Waals surface area contributed by atoms with Crippen molar-refractivity contribution < 1.29 is 9.47 Å². The van der Waals surface area contributed by atoms with E-state index in [1.165, 1.54) is 17.5 Å². The molecule has 1 heterocycles. The number of aliphatic imine (C=N–C) groups is 1. The molecular formula is C15H20N2O2. The van der Waals surface area contributed by atoms with Gasteiger partial charge in [-0.3, -0.25) is 4.99 Å². The van der Waals surface area contributed by atoms with Crippen LogP contribution >= 0.6 is 0 Å². The van der Waals surface area contributed by atoms with E-state index in [0.717, 1.165) is 43.3 Å². The maximum Gasteiger partial charge on any atom is 0.161 e. The summed E-state index contributed by atoms with van der Waals surface area (Å²) in [7, 11) is 3.38. The van der Waals surface area contributed by atoms with Crippen LogP contribution in [-0.4, -0.2) is 33.1 Å². The van der Waals surface area contributed by atoms with Crippen molar-refractivity contribution in [3.8, 4) is 11.5 Å². The van der Waals surface area contributed by atoms with E-state index in [2.05, 4.69) is 22.4 Å². The van der Waals surface area contributed by atoms with Gasteiger partial charge in [-0.1, -0.05) is 0 Å². The Morgan fingerprint density at radius 1 is 1.21 bits per heavy atom. The second-order valence-corrected chi connectivity index (χ2v) is 5.04. The Labute approximate surface area is 113 Å². The minimum Gasteiger partial charge on any atom is -0.493 e. The molecule has 0 spiro atoms. The highest BCUT2D eigenvalue weighted by molar-refractivity contribution is 5.91. The number of aryl methyl sites for hydroxylation is 1. The van der Waals surface area contributed by atoms with E-state index in [1.54, 1.807) is 14.2 Å². The molecule has 0 fully saturated rings. The summed E-state index contributed by atoms with van der Waals surface area (Å²) >= 11 is 0. The van der Waals surface area contributed by atoms with E-state index in [4.69, 9.17) is 9.47 Å². The molecule has 1 aromatic rings. The zero-order valence-corrected chi connectivity index (χ0v) is 11.5. The van der Waals surface area contributed by atoms with Gasteiger partial charge < -0.3 is 14.8 Å². The first-order chi connectivity index (χ1) is 9.33. The zero-order valence-electron chi connectivity index (χ0n) is 11.5. The van der Waals surface area contributed by atoms with Crippen LogP contribution in [-0.2, 0) is 6.42 Å².